The zero-order valence-corrected chi connectivity index (χ0v) is 16.6. The Morgan fingerprint density at radius 3 is 2.52 bits per heavy atom. The molecular formula is C19H20FN3O5S. The summed E-state index contributed by atoms with van der Waals surface area (Å²) in [5.41, 5.74) is 1.06. The van der Waals surface area contributed by atoms with Gasteiger partial charge in [-0.15, -0.1) is 0 Å². The van der Waals surface area contributed by atoms with E-state index in [1.54, 1.807) is 12.1 Å². The van der Waals surface area contributed by atoms with Gasteiger partial charge in [-0.25, -0.2) is 22.4 Å². The smallest absolute Gasteiger partial charge is 0.339 e. The molecule has 3 rings (SSSR count). The molecule has 8 nitrogen and oxygen atoms in total. The van der Waals surface area contributed by atoms with E-state index in [9.17, 15) is 22.4 Å². The van der Waals surface area contributed by atoms with E-state index in [1.807, 2.05) is 0 Å². The van der Waals surface area contributed by atoms with Crippen molar-refractivity contribution in [3.63, 3.8) is 0 Å². The molecule has 0 saturated carbocycles. The van der Waals surface area contributed by atoms with Crippen molar-refractivity contribution in [3.8, 4) is 0 Å². The summed E-state index contributed by atoms with van der Waals surface area (Å²) < 4.78 is 41.7. The molecule has 0 unspecified atom stereocenters. The Kier molecular flexibility index (Phi) is 6.12. The minimum Gasteiger partial charge on any atom is -0.465 e. The second-order valence-electron chi connectivity index (χ2n) is 6.52. The molecule has 29 heavy (non-hydrogen) atoms. The van der Waals surface area contributed by atoms with Crippen molar-refractivity contribution in [1.82, 2.24) is 9.88 Å². The van der Waals surface area contributed by atoms with Crippen molar-refractivity contribution in [1.29, 1.82) is 0 Å². The lowest BCUT2D eigenvalue weighted by Gasteiger charge is -2.32. The highest BCUT2D eigenvalue weighted by Crippen LogP contribution is 2.21. The fourth-order valence-corrected chi connectivity index (χ4v) is 4.11. The van der Waals surface area contributed by atoms with Crippen molar-refractivity contribution in [2.24, 2.45) is 0 Å². The molecule has 0 bridgehead atoms. The second-order valence-corrected chi connectivity index (χ2v) is 8.82. The summed E-state index contributed by atoms with van der Waals surface area (Å²) in [5.74, 6) is -1.25. The van der Waals surface area contributed by atoms with Gasteiger partial charge in [-0.3, -0.25) is 9.88 Å². The van der Waals surface area contributed by atoms with Crippen molar-refractivity contribution in [2.45, 2.75) is 6.54 Å². The van der Waals surface area contributed by atoms with Crippen LogP contribution in [-0.2, 0) is 21.1 Å². The number of carbonyl (C=O) groups excluding carboxylic acids is 2. The Morgan fingerprint density at radius 2 is 1.93 bits per heavy atom. The number of esters is 1. The maximum atomic E-state index is 13.8. The van der Waals surface area contributed by atoms with Gasteiger partial charge in [0.15, 0.2) is 9.84 Å². The standard InChI is InChI=1S/C19H20FN3O5S/c1-28-18(24)14-5-6-16(21-12-14)13-23(17-4-2-3-15(20)11-17)19(25)22-7-9-29(26,27)10-8-22/h2-6,11-12H,7-10,13H2,1H3. The quantitative estimate of drug-likeness (QED) is 0.699. The molecule has 1 aliphatic heterocycles. The van der Waals surface area contributed by atoms with Crippen LogP contribution in [0.1, 0.15) is 16.1 Å². The van der Waals surface area contributed by atoms with Gasteiger partial charge in [0, 0.05) is 25.0 Å². The topological polar surface area (TPSA) is 96.9 Å². The molecule has 1 aromatic heterocycles. The van der Waals surface area contributed by atoms with Gasteiger partial charge >= 0.3 is 12.0 Å². The molecule has 1 aromatic carbocycles. The SMILES string of the molecule is COC(=O)c1ccc(CN(C(=O)N2CCS(=O)(=O)CC2)c2cccc(F)c2)nc1. The normalized spacial score (nSPS) is 15.6. The molecule has 2 aromatic rings. The molecule has 10 heteroatoms. The number of rotatable bonds is 4. The fourth-order valence-electron chi connectivity index (χ4n) is 2.91. The number of anilines is 1. The number of aromatic nitrogens is 1. The van der Waals surface area contributed by atoms with E-state index in [0.717, 1.165) is 0 Å². The molecule has 1 fully saturated rings. The first-order valence-electron chi connectivity index (χ1n) is 8.85. The third kappa shape index (κ3) is 5.08. The summed E-state index contributed by atoms with van der Waals surface area (Å²) >= 11 is 0. The minimum absolute atomic E-state index is 0.0208. The number of urea groups is 1. The maximum absolute atomic E-state index is 13.8. The molecule has 1 aliphatic rings. The number of pyridine rings is 1. The van der Waals surface area contributed by atoms with Crippen LogP contribution in [0.15, 0.2) is 42.6 Å². The summed E-state index contributed by atoms with van der Waals surface area (Å²) in [6.45, 7) is 0.163. The summed E-state index contributed by atoms with van der Waals surface area (Å²) in [6.07, 6.45) is 1.34. The Labute approximate surface area is 167 Å². The van der Waals surface area contributed by atoms with Gasteiger partial charge in [0.2, 0.25) is 0 Å². The number of hydrogen-bond acceptors (Lipinski definition) is 6. The Hall–Kier alpha value is -3.01. The lowest BCUT2D eigenvalue weighted by atomic mass is 10.2. The largest absolute Gasteiger partial charge is 0.465 e. The number of nitrogens with zero attached hydrogens (tertiary/aromatic N) is 3. The van der Waals surface area contributed by atoms with Gasteiger partial charge in [0.25, 0.3) is 0 Å². The number of methoxy groups -OCH3 is 1. The molecule has 154 valence electrons. The number of halogens is 1. The van der Waals surface area contributed by atoms with E-state index in [-0.39, 0.29) is 36.7 Å². The van der Waals surface area contributed by atoms with Gasteiger partial charge < -0.3 is 9.64 Å². The monoisotopic (exact) mass is 421 g/mol. The van der Waals surface area contributed by atoms with Crippen LogP contribution in [0, 0.1) is 5.82 Å². The van der Waals surface area contributed by atoms with E-state index >= 15 is 0 Å². The Bertz CT molecular complexity index is 997. The minimum atomic E-state index is -3.15. The lowest BCUT2D eigenvalue weighted by Crippen LogP contribution is -2.49. The lowest BCUT2D eigenvalue weighted by molar-refractivity contribution is 0.0600. The fraction of sp³-hybridized carbons (Fsp3) is 0.316. The molecule has 0 N–H and O–H groups in total. The van der Waals surface area contributed by atoms with Crippen LogP contribution in [0.3, 0.4) is 0 Å². The molecule has 0 atom stereocenters. The van der Waals surface area contributed by atoms with Crippen LogP contribution in [-0.4, -0.2) is 62.0 Å². The van der Waals surface area contributed by atoms with E-state index < -0.39 is 27.7 Å². The third-order valence-electron chi connectivity index (χ3n) is 4.53. The highest BCUT2D eigenvalue weighted by molar-refractivity contribution is 7.91. The maximum Gasteiger partial charge on any atom is 0.339 e. The third-order valence-corrected chi connectivity index (χ3v) is 6.14. The van der Waals surface area contributed by atoms with Crippen LogP contribution in [0.2, 0.25) is 0 Å². The summed E-state index contributed by atoms with van der Waals surface area (Å²) in [5, 5.41) is 0. The van der Waals surface area contributed by atoms with Crippen LogP contribution >= 0.6 is 0 Å². The van der Waals surface area contributed by atoms with E-state index in [4.69, 9.17) is 0 Å². The van der Waals surface area contributed by atoms with Crippen LogP contribution in [0.4, 0.5) is 14.9 Å². The predicted octanol–water partition coefficient (Wildman–Crippen LogP) is 1.86. The summed E-state index contributed by atoms with van der Waals surface area (Å²) in [6, 6.07) is 8.22. The van der Waals surface area contributed by atoms with Gasteiger partial charge in [-0.05, 0) is 30.3 Å². The first-order chi connectivity index (χ1) is 13.8. The van der Waals surface area contributed by atoms with E-state index in [2.05, 4.69) is 9.72 Å². The van der Waals surface area contributed by atoms with Crippen LogP contribution in [0.25, 0.3) is 0 Å². The number of sulfone groups is 1. The van der Waals surface area contributed by atoms with Crippen LogP contribution < -0.4 is 4.90 Å². The molecule has 2 amide bonds. The molecule has 0 spiro atoms. The van der Waals surface area contributed by atoms with Crippen molar-refractivity contribution in [3.05, 3.63) is 59.7 Å². The summed E-state index contributed by atoms with van der Waals surface area (Å²) in [7, 11) is -1.89. The Balaban J connectivity index is 1.85. The number of amides is 2. The van der Waals surface area contributed by atoms with Crippen molar-refractivity contribution >= 4 is 27.5 Å². The second kappa shape index (κ2) is 8.56. The van der Waals surface area contributed by atoms with Crippen molar-refractivity contribution < 1.29 is 27.1 Å². The highest BCUT2D eigenvalue weighted by Gasteiger charge is 2.29. The molecule has 0 aliphatic carbocycles. The number of benzene rings is 1. The first-order valence-corrected chi connectivity index (χ1v) is 10.7. The van der Waals surface area contributed by atoms with Gasteiger partial charge in [0.05, 0.1) is 36.4 Å². The first kappa shape index (κ1) is 20.7. The van der Waals surface area contributed by atoms with Gasteiger partial charge in [-0.1, -0.05) is 6.07 Å². The van der Waals surface area contributed by atoms with E-state index in [0.29, 0.717) is 11.4 Å². The Morgan fingerprint density at radius 1 is 1.21 bits per heavy atom. The van der Waals surface area contributed by atoms with Crippen LogP contribution in [0.5, 0.6) is 0 Å². The zero-order valence-electron chi connectivity index (χ0n) is 15.7. The number of ether oxygens (including phenoxy) is 1. The average Bonchev–Trinajstić information content (AvgIpc) is 2.71. The summed E-state index contributed by atoms with van der Waals surface area (Å²) in [4.78, 5) is 31.6. The molecule has 1 saturated heterocycles. The molecule has 2 heterocycles. The highest BCUT2D eigenvalue weighted by atomic mass is 32.2. The van der Waals surface area contributed by atoms with Crippen molar-refractivity contribution in [2.75, 3.05) is 36.6 Å². The number of carbonyl (C=O) groups is 2. The molecular weight excluding hydrogens is 401 g/mol. The van der Waals surface area contributed by atoms with Gasteiger partial charge in [0.1, 0.15) is 5.82 Å². The number of hydrogen-bond donors (Lipinski definition) is 0. The zero-order chi connectivity index (χ0) is 21.0. The molecule has 0 radical (unpaired) electrons. The predicted molar refractivity (Wildman–Crippen MR) is 104 cm³/mol. The van der Waals surface area contributed by atoms with Gasteiger partial charge in [-0.2, -0.15) is 0 Å². The average molecular weight is 421 g/mol. The van der Waals surface area contributed by atoms with E-state index in [1.165, 1.54) is 47.4 Å².